The second-order valence-corrected chi connectivity index (χ2v) is 18.1. The molecule has 11 heteroatoms. The average Bonchev–Trinajstić information content (AvgIpc) is 3.53. The highest BCUT2D eigenvalue weighted by Crippen LogP contribution is 2.51. The summed E-state index contributed by atoms with van der Waals surface area (Å²) in [6, 6.07) is 20.4. The van der Waals surface area contributed by atoms with Crippen molar-refractivity contribution < 1.29 is 18.9 Å². The molecule has 2 fully saturated rings. The van der Waals surface area contributed by atoms with E-state index in [2.05, 4.69) is 50.0 Å². The summed E-state index contributed by atoms with van der Waals surface area (Å²) in [6.07, 6.45) is -0.192. The lowest BCUT2D eigenvalue weighted by molar-refractivity contribution is -0.0587. The van der Waals surface area contributed by atoms with Crippen molar-refractivity contribution in [1.29, 1.82) is 0 Å². The maximum absolute atomic E-state index is 12.9. The Morgan fingerprint density at radius 1 is 1.07 bits per heavy atom. The lowest BCUT2D eigenvalue weighted by Crippen LogP contribution is -2.74. The Balaban J connectivity index is 1.64. The van der Waals surface area contributed by atoms with Crippen molar-refractivity contribution in [3.8, 4) is 0 Å². The largest absolute Gasteiger partial charge is 0.393 e. The fraction of sp³-hybridized carbons (Fsp3) is 0.448. The van der Waals surface area contributed by atoms with Crippen LogP contribution < -0.4 is 21.6 Å². The van der Waals surface area contributed by atoms with Crippen LogP contribution in [0.15, 0.2) is 76.4 Å². The van der Waals surface area contributed by atoms with E-state index in [0.717, 1.165) is 16.9 Å². The van der Waals surface area contributed by atoms with Crippen molar-refractivity contribution in [2.45, 2.75) is 63.3 Å². The van der Waals surface area contributed by atoms with Crippen LogP contribution in [0.3, 0.4) is 0 Å². The van der Waals surface area contributed by atoms with Crippen LogP contribution in [-0.4, -0.2) is 65.5 Å². The number of aromatic amines is 1. The molecule has 2 aliphatic rings. The van der Waals surface area contributed by atoms with Crippen molar-refractivity contribution in [1.82, 2.24) is 14.2 Å². The second-order valence-electron chi connectivity index (χ2n) is 11.6. The summed E-state index contributed by atoms with van der Waals surface area (Å²) in [6.45, 7) is 9.51. The normalized spacial score (nSPS) is 24.9. The molecule has 2 aromatic carbocycles. The average molecular weight is 584 g/mol. The number of aromatic nitrogens is 2. The van der Waals surface area contributed by atoms with E-state index in [0.29, 0.717) is 18.6 Å². The van der Waals surface area contributed by atoms with Gasteiger partial charge in [0.25, 0.3) is 14.1 Å². The topological polar surface area (TPSA) is 106 Å². The Morgan fingerprint density at radius 2 is 1.68 bits per heavy atom. The van der Waals surface area contributed by atoms with Crippen LogP contribution in [0.4, 0.5) is 0 Å². The number of rotatable bonds is 7. The highest BCUT2D eigenvalue weighted by molar-refractivity contribution is 7.44. The monoisotopic (exact) mass is 583 g/mol. The third-order valence-corrected chi connectivity index (χ3v) is 15.8. The first-order valence-corrected chi connectivity index (χ1v) is 16.8. The number of nitrogens with zero attached hydrogens (tertiary/aromatic N) is 2. The van der Waals surface area contributed by atoms with Gasteiger partial charge in [0.1, 0.15) is 12.3 Å². The number of aliphatic hydroxyl groups excluding tert-OH is 1. The smallest absolute Gasteiger partial charge is 0.330 e. The number of hydrogen-bond donors (Lipinski definition) is 2. The van der Waals surface area contributed by atoms with Crippen LogP contribution in [0.5, 0.6) is 0 Å². The van der Waals surface area contributed by atoms with E-state index in [9.17, 15) is 14.7 Å². The van der Waals surface area contributed by atoms with Crippen molar-refractivity contribution in [2.24, 2.45) is 0 Å². The molecule has 5 rings (SSSR count). The number of H-pyrrole nitrogens is 1. The molecule has 1 aromatic heterocycles. The van der Waals surface area contributed by atoms with E-state index in [1.54, 1.807) is 6.92 Å². The highest BCUT2D eigenvalue weighted by atomic mass is 31.2. The second kappa shape index (κ2) is 11.4. The van der Waals surface area contributed by atoms with Gasteiger partial charge in [0.15, 0.2) is 8.07 Å². The maximum atomic E-state index is 12.9. The summed E-state index contributed by atoms with van der Waals surface area (Å²) in [5.41, 5.74) is -1.52. The Bertz CT molecular complexity index is 1390. The number of nitrogens with one attached hydrogen (secondary N) is 1. The van der Waals surface area contributed by atoms with Gasteiger partial charge in [-0.2, -0.15) is 0 Å². The van der Waals surface area contributed by atoms with E-state index in [-0.39, 0.29) is 5.04 Å². The molecule has 40 heavy (non-hydrogen) atoms. The zero-order valence-electron chi connectivity index (χ0n) is 23.6. The number of ether oxygens (including phenoxy) is 1. The molecule has 214 valence electrons. The quantitative estimate of drug-likeness (QED) is 0.326. The zero-order valence-corrected chi connectivity index (χ0v) is 25.5. The third-order valence-electron chi connectivity index (χ3n) is 8.09. The maximum Gasteiger partial charge on any atom is 0.330 e. The minimum Gasteiger partial charge on any atom is -0.393 e. The van der Waals surface area contributed by atoms with Crippen molar-refractivity contribution in [3.63, 3.8) is 0 Å². The summed E-state index contributed by atoms with van der Waals surface area (Å²) in [5, 5.41) is 14.5. The van der Waals surface area contributed by atoms with Crippen LogP contribution in [0.25, 0.3) is 0 Å². The van der Waals surface area contributed by atoms with Crippen LogP contribution in [0.2, 0.25) is 5.04 Å². The van der Waals surface area contributed by atoms with Gasteiger partial charge in [0, 0.05) is 24.7 Å². The molecule has 0 spiro atoms. The first-order valence-electron chi connectivity index (χ1n) is 13.6. The number of hydrogen-bond acceptors (Lipinski definition) is 7. The van der Waals surface area contributed by atoms with E-state index in [1.165, 1.54) is 10.8 Å². The molecule has 5 atom stereocenters. The zero-order chi connectivity index (χ0) is 28.7. The summed E-state index contributed by atoms with van der Waals surface area (Å²) in [4.78, 5) is 27.3. The van der Waals surface area contributed by atoms with Gasteiger partial charge in [0.05, 0.1) is 18.4 Å². The van der Waals surface area contributed by atoms with E-state index in [1.807, 2.05) is 48.1 Å². The molecule has 2 unspecified atom stereocenters. The standard InChI is InChI=1S/C29H38N3O6PSi/c1-20-19-32(28(35)30-26(20)33)24-18-23(38-39-31(5)16-17-36-39)25(37-24)27(34)40(29(2,3)4,21-12-8-6-9-13-21)22-14-10-7-11-15-22/h6-15,19,23-25,27,34H,16-18H2,1-5H3,(H,30,33,35)/t23-,24+,25-,27?,39?/m0/s1. The number of likely N-dealkylation sites (N-methyl/N-ethyl adjacent to an activating group) is 1. The molecule has 0 radical (unpaired) electrons. The highest BCUT2D eigenvalue weighted by Gasteiger charge is 2.59. The van der Waals surface area contributed by atoms with Crippen molar-refractivity contribution in [2.75, 3.05) is 20.2 Å². The molecule has 2 N–H and O–H groups in total. The van der Waals surface area contributed by atoms with Gasteiger partial charge in [0.2, 0.25) is 0 Å². The summed E-state index contributed by atoms with van der Waals surface area (Å²) in [5.74, 6) is 0. The third kappa shape index (κ3) is 5.18. The van der Waals surface area contributed by atoms with Gasteiger partial charge >= 0.3 is 5.69 Å². The lowest BCUT2D eigenvalue weighted by Gasteiger charge is -2.49. The van der Waals surface area contributed by atoms with Gasteiger partial charge < -0.3 is 18.9 Å². The van der Waals surface area contributed by atoms with E-state index >= 15 is 0 Å². The first kappa shape index (κ1) is 29.1. The van der Waals surface area contributed by atoms with Crippen LogP contribution in [-0.2, 0) is 13.8 Å². The Kier molecular flexibility index (Phi) is 8.32. The molecule has 0 aliphatic carbocycles. The molecule has 2 aliphatic heterocycles. The van der Waals surface area contributed by atoms with Gasteiger partial charge in [-0.1, -0.05) is 91.8 Å². The number of aliphatic hydroxyl groups is 1. The lowest BCUT2D eigenvalue weighted by atomic mass is 10.2. The van der Waals surface area contributed by atoms with Crippen molar-refractivity contribution >= 4 is 27.0 Å². The predicted molar refractivity (Wildman–Crippen MR) is 159 cm³/mol. The molecular formula is C29H38N3O6PSi. The number of benzene rings is 2. The Hall–Kier alpha value is -2.43. The van der Waals surface area contributed by atoms with Crippen LogP contribution >= 0.6 is 8.53 Å². The predicted octanol–water partition coefficient (Wildman–Crippen LogP) is 2.67. The molecule has 0 saturated carbocycles. The fourth-order valence-electron chi connectivity index (χ4n) is 6.14. The molecule has 3 heterocycles. The fourth-order valence-corrected chi connectivity index (χ4v) is 13.3. The minimum atomic E-state index is -3.04. The summed E-state index contributed by atoms with van der Waals surface area (Å²) in [7, 11) is -2.42. The van der Waals surface area contributed by atoms with Gasteiger partial charge in [-0.25, -0.2) is 9.46 Å². The van der Waals surface area contributed by atoms with Crippen molar-refractivity contribution in [3.05, 3.63) is 93.3 Å². The van der Waals surface area contributed by atoms with Gasteiger partial charge in [-0.3, -0.25) is 14.3 Å². The first-order chi connectivity index (χ1) is 19.0. The Labute approximate surface area is 236 Å². The van der Waals surface area contributed by atoms with E-state index < -0.39 is 52.0 Å². The number of aryl methyl sites for hydroxylation is 1. The molecule has 0 amide bonds. The SMILES string of the molecule is Cc1cn([C@H]2C[C@H](OP3OCCN3C)[C@@H](C(O)[Si](c3ccccc3)(c3ccccc3)C(C)(C)C)O2)c(=O)[nH]c1=O. The molecule has 3 aromatic rings. The summed E-state index contributed by atoms with van der Waals surface area (Å²) >= 11 is 0. The van der Waals surface area contributed by atoms with Crippen LogP contribution in [0.1, 0.15) is 39.0 Å². The Morgan fingerprint density at radius 3 is 2.20 bits per heavy atom. The van der Waals surface area contributed by atoms with E-state index in [4.69, 9.17) is 13.8 Å². The molecule has 2 saturated heterocycles. The molecular weight excluding hydrogens is 545 g/mol. The van der Waals surface area contributed by atoms with Gasteiger partial charge in [-0.05, 0) is 19.0 Å². The molecule has 0 bridgehead atoms. The van der Waals surface area contributed by atoms with Gasteiger partial charge in [-0.15, -0.1) is 0 Å². The van der Waals surface area contributed by atoms with Crippen LogP contribution in [0, 0.1) is 6.92 Å². The summed E-state index contributed by atoms with van der Waals surface area (Å²) < 4.78 is 22.5. The molecule has 9 nitrogen and oxygen atoms in total. The minimum absolute atomic E-state index is 0.321.